The first-order chi connectivity index (χ1) is 39.2. The van der Waals surface area contributed by atoms with E-state index in [0.717, 1.165) is 12.8 Å². The van der Waals surface area contributed by atoms with Crippen molar-refractivity contribution >= 4 is 11.9 Å². The van der Waals surface area contributed by atoms with Crippen LogP contribution in [0.15, 0.2) is 11.6 Å². The molecule has 0 aromatic carbocycles. The number of rotatable bonds is 13. The second-order valence-electron chi connectivity index (χ2n) is 28.4. The number of aliphatic hydroxyl groups is 13. The van der Waals surface area contributed by atoms with Gasteiger partial charge in [0.1, 0.15) is 91.1 Å². The molecule has 4 saturated carbocycles. The van der Waals surface area contributed by atoms with E-state index in [0.29, 0.717) is 51.4 Å². The normalized spacial score (nSPS) is 53.5. The van der Waals surface area contributed by atoms with Gasteiger partial charge >= 0.3 is 11.9 Å². The molecule has 0 aromatic heterocycles. The Bertz CT molecular complexity index is 2410. The van der Waals surface area contributed by atoms with Crippen LogP contribution in [0, 0.1) is 50.2 Å². The van der Waals surface area contributed by atoms with Crippen molar-refractivity contribution in [1.82, 2.24) is 0 Å². The van der Waals surface area contributed by atoms with Crippen LogP contribution in [0.3, 0.4) is 0 Å². The molecule has 84 heavy (non-hydrogen) atoms. The number of aliphatic carboxylic acids is 1. The average Bonchev–Trinajstić information content (AvgIpc) is 0.779. The molecule has 5 aliphatic heterocycles. The van der Waals surface area contributed by atoms with E-state index in [1.807, 2.05) is 0 Å². The van der Waals surface area contributed by atoms with Gasteiger partial charge in [0.05, 0.1) is 44.1 Å². The standard InChI is InChI=1S/C58H92O26/c1-24-32(61)35(64)38(67)47(78-24)81-41-40(69)49(83-43(45(71)72)42(41)82-46-37(66)33(62)27(60)20-75-46)80-31-12-13-54(6)29(53(31,4)5)11-14-56(8)30(54)10-9-25-26-19-52(2,3)15-17-57(26,18-16-55(25,56)7)51(73)84-48-39(68)36(65)34(63)28(79-48)21-76-50-44(70)58(74,22-59)23-77-50/h9,24,26-44,46-50,59-70,74H,10-23H2,1-8H3,(H,71,72)/t24-,26-,27+,28+,29?,30?,31-,32-,33-,34+,35+,36-,37+,38+,39+,40+,41+,42-,43-,44-,46-,47-,48-,49+,50+,54-,55+,56+,57-,58+/m0/s1. The van der Waals surface area contributed by atoms with Gasteiger partial charge in [0.15, 0.2) is 31.3 Å². The number of aliphatic hydroxyl groups excluding tert-OH is 12. The summed E-state index contributed by atoms with van der Waals surface area (Å²) >= 11 is 0. The lowest BCUT2D eigenvalue weighted by molar-refractivity contribution is -0.383. The minimum absolute atomic E-state index is 0.0160. The quantitative estimate of drug-likeness (QED) is 0.0549. The highest BCUT2D eigenvalue weighted by Crippen LogP contribution is 2.76. The van der Waals surface area contributed by atoms with E-state index in [2.05, 4.69) is 54.5 Å². The summed E-state index contributed by atoms with van der Waals surface area (Å²) in [6, 6.07) is 0. The van der Waals surface area contributed by atoms with Crippen molar-refractivity contribution < 1.29 is 128 Å². The Kier molecular flexibility index (Phi) is 17.9. The third kappa shape index (κ3) is 10.6. The zero-order valence-electron chi connectivity index (χ0n) is 49.1. The third-order valence-corrected chi connectivity index (χ3v) is 22.8. The summed E-state index contributed by atoms with van der Waals surface area (Å²) in [5.74, 6) is -2.30. The maximum Gasteiger partial charge on any atom is 0.335 e. The smallest absolute Gasteiger partial charge is 0.335 e. The van der Waals surface area contributed by atoms with Gasteiger partial charge in [-0.25, -0.2) is 4.79 Å². The van der Waals surface area contributed by atoms with Crippen molar-refractivity contribution in [3.05, 3.63) is 11.6 Å². The maximum atomic E-state index is 15.1. The SMILES string of the molecule is C[C@@H]1O[C@@H](O[C@@H]2[C@@H](O)[C@H](O[C@H]3CC[C@@]4(C)C(CC[C@]5(C)C4CC=C4[C@@H]6CC(C)(C)CC[C@]6(C(=O)O[C@@H]6O[C@H](CO[C@@H]7OC[C@](O)(CO)[C@H]7O)[C@@H](O)[C@H](O)[C@H]6O)CC[C@]45C)C3(C)C)O[C@H](C(=O)O)[C@H]2O[C@@H]2OC[C@@H](O)[C@H](O)[C@H]2O)[C@H](O)[C@H](O)[C@H]1O. The van der Waals surface area contributed by atoms with Gasteiger partial charge < -0.3 is 119 Å². The molecule has 26 nitrogen and oxygen atoms in total. The highest BCUT2D eigenvalue weighted by atomic mass is 16.8. The monoisotopic (exact) mass is 1200 g/mol. The van der Waals surface area contributed by atoms with E-state index < -0.39 is 190 Å². The fourth-order valence-corrected chi connectivity index (χ4v) is 17.3. The summed E-state index contributed by atoms with van der Waals surface area (Å²) < 4.78 is 59.2. The first-order valence-electron chi connectivity index (χ1n) is 29.9. The summed E-state index contributed by atoms with van der Waals surface area (Å²) in [5, 5.41) is 150. The molecule has 30 atom stereocenters. The summed E-state index contributed by atoms with van der Waals surface area (Å²) in [4.78, 5) is 28.3. The van der Waals surface area contributed by atoms with E-state index in [1.165, 1.54) is 12.5 Å². The van der Waals surface area contributed by atoms with Crippen LogP contribution in [0.4, 0.5) is 0 Å². The van der Waals surface area contributed by atoms with E-state index in [-0.39, 0.29) is 39.4 Å². The van der Waals surface area contributed by atoms with Gasteiger partial charge in [-0.15, -0.1) is 0 Å². The van der Waals surface area contributed by atoms with Crippen molar-refractivity contribution in [3.63, 3.8) is 0 Å². The van der Waals surface area contributed by atoms with Gasteiger partial charge in [-0.3, -0.25) is 4.79 Å². The van der Waals surface area contributed by atoms with Crippen LogP contribution in [0.1, 0.15) is 120 Å². The van der Waals surface area contributed by atoms with Crippen LogP contribution in [-0.4, -0.2) is 251 Å². The topological polar surface area (TPSA) is 410 Å². The third-order valence-electron chi connectivity index (χ3n) is 22.8. The second-order valence-corrected chi connectivity index (χ2v) is 28.4. The van der Waals surface area contributed by atoms with Crippen LogP contribution in [0.5, 0.6) is 0 Å². The summed E-state index contributed by atoms with van der Waals surface area (Å²) in [5.41, 5.74) is -3.58. The van der Waals surface area contributed by atoms with E-state index in [9.17, 15) is 76.3 Å². The fraction of sp³-hybridized carbons (Fsp3) is 0.931. The largest absolute Gasteiger partial charge is 0.479 e. The number of carboxylic acids is 1. The maximum absolute atomic E-state index is 15.1. The molecule has 26 heteroatoms. The highest BCUT2D eigenvalue weighted by Gasteiger charge is 2.70. The van der Waals surface area contributed by atoms with Gasteiger partial charge in [-0.1, -0.05) is 60.1 Å². The Hall–Kier alpha value is -2.20. The predicted octanol–water partition coefficient (Wildman–Crippen LogP) is -1.81. The molecule has 0 amide bonds. The number of allylic oxidation sites excluding steroid dienone is 2. The molecule has 0 bridgehead atoms. The van der Waals surface area contributed by atoms with Crippen LogP contribution < -0.4 is 0 Å². The number of hydrogen-bond acceptors (Lipinski definition) is 25. The molecule has 5 aliphatic carbocycles. The van der Waals surface area contributed by atoms with E-state index in [4.69, 9.17) is 47.4 Å². The Balaban J connectivity index is 0.874. The molecule has 10 aliphatic rings. The number of fused-ring (bicyclic) bond motifs is 7. The summed E-state index contributed by atoms with van der Waals surface area (Å²) in [6.07, 6.45) is -27.7. The van der Waals surface area contributed by atoms with Crippen molar-refractivity contribution in [3.8, 4) is 0 Å². The van der Waals surface area contributed by atoms with Gasteiger partial charge in [0.25, 0.3) is 0 Å². The van der Waals surface area contributed by atoms with Crippen molar-refractivity contribution in [2.45, 2.75) is 260 Å². The van der Waals surface area contributed by atoms with Gasteiger partial charge in [0.2, 0.25) is 6.29 Å². The van der Waals surface area contributed by atoms with Crippen molar-refractivity contribution in [2.75, 3.05) is 26.4 Å². The number of carboxylic acid groups (broad SMARTS) is 1. The Morgan fingerprint density at radius 3 is 1.96 bits per heavy atom. The van der Waals surface area contributed by atoms with E-state index >= 15 is 4.79 Å². The lowest BCUT2D eigenvalue weighted by Gasteiger charge is -2.71. The molecule has 9 fully saturated rings. The number of esters is 1. The molecule has 10 rings (SSSR count). The molecule has 14 N–H and O–H groups in total. The Labute approximate surface area is 487 Å². The minimum Gasteiger partial charge on any atom is -0.479 e. The molecular formula is C58H92O26. The predicted molar refractivity (Wildman–Crippen MR) is 283 cm³/mol. The molecule has 0 spiro atoms. The first kappa shape index (κ1) is 64.8. The van der Waals surface area contributed by atoms with Crippen molar-refractivity contribution in [2.24, 2.45) is 50.2 Å². The minimum atomic E-state index is -2.00. The second kappa shape index (κ2) is 23.2. The molecule has 5 saturated heterocycles. The Morgan fingerprint density at radius 2 is 1.29 bits per heavy atom. The molecular weight excluding hydrogens is 1110 g/mol. The lowest BCUT2D eigenvalue weighted by Crippen LogP contribution is -2.68. The molecule has 5 heterocycles. The molecule has 0 radical (unpaired) electrons. The Morgan fingerprint density at radius 1 is 0.643 bits per heavy atom. The first-order valence-corrected chi connectivity index (χ1v) is 29.9. The zero-order chi connectivity index (χ0) is 61.3. The number of ether oxygens (including phenoxy) is 10. The van der Waals surface area contributed by atoms with Gasteiger partial charge in [0, 0.05) is 0 Å². The number of carbonyl (C=O) groups excluding carboxylic acids is 1. The van der Waals surface area contributed by atoms with Gasteiger partial charge in [-0.2, -0.15) is 0 Å². The number of carbonyl (C=O) groups is 2. The van der Waals surface area contributed by atoms with Crippen molar-refractivity contribution in [1.29, 1.82) is 0 Å². The van der Waals surface area contributed by atoms with Crippen LogP contribution in [0.2, 0.25) is 0 Å². The van der Waals surface area contributed by atoms with Crippen LogP contribution >= 0.6 is 0 Å². The highest BCUT2D eigenvalue weighted by molar-refractivity contribution is 5.79. The molecule has 0 aromatic rings. The zero-order valence-corrected chi connectivity index (χ0v) is 49.1. The van der Waals surface area contributed by atoms with Crippen LogP contribution in [0.25, 0.3) is 0 Å². The van der Waals surface area contributed by atoms with Gasteiger partial charge in [-0.05, 0) is 116 Å². The summed E-state index contributed by atoms with van der Waals surface area (Å²) in [7, 11) is 0. The average molecular weight is 1210 g/mol. The lowest BCUT2D eigenvalue weighted by atomic mass is 9.33. The molecule has 480 valence electrons. The fourth-order valence-electron chi connectivity index (χ4n) is 17.3. The number of hydrogen-bond donors (Lipinski definition) is 14. The van der Waals surface area contributed by atoms with E-state index in [1.54, 1.807) is 0 Å². The molecule has 2 unspecified atom stereocenters. The summed E-state index contributed by atoms with van der Waals surface area (Å²) in [6.45, 7) is 14.8. The van der Waals surface area contributed by atoms with Crippen LogP contribution in [-0.2, 0) is 57.0 Å².